The standard InChI is InChI=1S/C19H18ClN5O2S2/c1-25-17(10-5-7-11(20)8-6-10)23-24-19(25)28-9-14(26)22-18-15(16(21)27)12-3-2-4-13(12)29-18/h5-8H,2-4,9H2,1H3,(H2,21,27)(H,22,26). The fourth-order valence-corrected chi connectivity index (χ4v) is 5.48. The number of hydrogen-bond donors (Lipinski definition) is 2. The second-order valence-electron chi connectivity index (χ2n) is 6.63. The molecule has 1 aromatic carbocycles. The highest BCUT2D eigenvalue weighted by Gasteiger charge is 2.26. The SMILES string of the molecule is Cn1c(SCC(=O)Nc2sc3c(c2C(N)=O)CCC3)nnc1-c1ccc(Cl)cc1. The first-order valence-electron chi connectivity index (χ1n) is 8.96. The number of nitrogens with two attached hydrogens (primary N) is 1. The lowest BCUT2D eigenvalue weighted by Gasteiger charge is -2.06. The van der Waals surface area contributed by atoms with E-state index in [4.69, 9.17) is 17.3 Å². The van der Waals surface area contributed by atoms with Gasteiger partial charge in [-0.2, -0.15) is 0 Å². The maximum atomic E-state index is 12.5. The normalized spacial score (nSPS) is 12.8. The van der Waals surface area contributed by atoms with Crippen LogP contribution in [0.3, 0.4) is 0 Å². The zero-order valence-electron chi connectivity index (χ0n) is 15.6. The summed E-state index contributed by atoms with van der Waals surface area (Å²) in [5.74, 6) is 0.130. The molecule has 0 bridgehead atoms. The fraction of sp³-hybridized carbons (Fsp3) is 0.263. The Morgan fingerprint density at radius 2 is 2.03 bits per heavy atom. The fourth-order valence-electron chi connectivity index (χ4n) is 3.34. The molecule has 0 unspecified atom stereocenters. The number of benzene rings is 1. The minimum absolute atomic E-state index is 0.146. The quantitative estimate of drug-likeness (QED) is 0.563. The molecule has 3 aromatic rings. The Hall–Kier alpha value is -2.36. The molecule has 0 saturated heterocycles. The van der Waals surface area contributed by atoms with Gasteiger partial charge in [0, 0.05) is 22.5 Å². The average molecular weight is 448 g/mol. The van der Waals surface area contributed by atoms with Crippen LogP contribution in [0.15, 0.2) is 29.4 Å². The summed E-state index contributed by atoms with van der Waals surface area (Å²) in [5, 5.41) is 13.0. The summed E-state index contributed by atoms with van der Waals surface area (Å²) in [6.07, 6.45) is 2.78. The van der Waals surface area contributed by atoms with Crippen molar-refractivity contribution in [2.24, 2.45) is 12.8 Å². The van der Waals surface area contributed by atoms with Crippen molar-refractivity contribution in [2.75, 3.05) is 11.1 Å². The van der Waals surface area contributed by atoms with Crippen molar-refractivity contribution in [1.29, 1.82) is 0 Å². The molecule has 0 fully saturated rings. The Labute approximate surface area is 180 Å². The van der Waals surface area contributed by atoms with Crippen molar-refractivity contribution in [3.05, 3.63) is 45.3 Å². The maximum Gasteiger partial charge on any atom is 0.251 e. The number of nitrogens with zero attached hydrogens (tertiary/aromatic N) is 3. The molecular weight excluding hydrogens is 430 g/mol. The summed E-state index contributed by atoms with van der Waals surface area (Å²) >= 11 is 8.65. The number of nitrogens with one attached hydrogen (secondary N) is 1. The van der Waals surface area contributed by atoms with Gasteiger partial charge < -0.3 is 15.6 Å². The van der Waals surface area contributed by atoms with Crippen molar-refractivity contribution >= 4 is 51.5 Å². The summed E-state index contributed by atoms with van der Waals surface area (Å²) in [6.45, 7) is 0. The number of thiophene rings is 1. The molecule has 0 spiro atoms. The molecular formula is C19H18ClN5O2S2. The van der Waals surface area contributed by atoms with Crippen LogP contribution >= 0.6 is 34.7 Å². The minimum Gasteiger partial charge on any atom is -0.365 e. The molecule has 10 heteroatoms. The first-order valence-corrected chi connectivity index (χ1v) is 11.1. The number of aromatic nitrogens is 3. The van der Waals surface area contributed by atoms with Crippen LogP contribution in [0.1, 0.15) is 27.2 Å². The highest BCUT2D eigenvalue weighted by Crippen LogP contribution is 2.39. The topological polar surface area (TPSA) is 103 Å². The third-order valence-electron chi connectivity index (χ3n) is 4.69. The second kappa shape index (κ2) is 8.17. The number of thioether (sulfide) groups is 1. The molecule has 7 nitrogen and oxygen atoms in total. The number of fused-ring (bicyclic) bond motifs is 1. The Morgan fingerprint density at radius 3 is 2.76 bits per heavy atom. The number of amides is 2. The van der Waals surface area contributed by atoms with E-state index in [-0.39, 0.29) is 11.7 Å². The number of anilines is 1. The van der Waals surface area contributed by atoms with Gasteiger partial charge in [-0.05, 0) is 49.1 Å². The molecule has 2 aromatic heterocycles. The average Bonchev–Trinajstić information content (AvgIpc) is 3.35. The van der Waals surface area contributed by atoms with Gasteiger partial charge in [-0.3, -0.25) is 9.59 Å². The van der Waals surface area contributed by atoms with E-state index < -0.39 is 5.91 Å². The first kappa shape index (κ1) is 19.9. The lowest BCUT2D eigenvalue weighted by atomic mass is 10.1. The summed E-state index contributed by atoms with van der Waals surface area (Å²) in [4.78, 5) is 25.5. The molecule has 0 radical (unpaired) electrons. The first-order chi connectivity index (χ1) is 13.9. The minimum atomic E-state index is -0.492. The maximum absolute atomic E-state index is 12.5. The van der Waals surface area contributed by atoms with Crippen LogP contribution in [0.4, 0.5) is 5.00 Å². The summed E-state index contributed by atoms with van der Waals surface area (Å²) in [7, 11) is 1.85. The molecule has 150 valence electrons. The number of carbonyl (C=O) groups is 2. The van der Waals surface area contributed by atoms with Crippen LogP contribution in [0.2, 0.25) is 5.02 Å². The zero-order chi connectivity index (χ0) is 20.5. The summed E-state index contributed by atoms with van der Waals surface area (Å²) < 4.78 is 1.83. The molecule has 0 saturated carbocycles. The van der Waals surface area contributed by atoms with Gasteiger partial charge in [0.05, 0.1) is 11.3 Å². The van der Waals surface area contributed by atoms with Crippen LogP contribution in [-0.4, -0.2) is 32.3 Å². The van der Waals surface area contributed by atoms with E-state index >= 15 is 0 Å². The molecule has 1 aliphatic rings. The molecule has 0 aliphatic heterocycles. The number of aryl methyl sites for hydroxylation is 1. The van der Waals surface area contributed by atoms with Crippen molar-refractivity contribution in [1.82, 2.24) is 14.8 Å². The Balaban J connectivity index is 1.43. The van der Waals surface area contributed by atoms with Gasteiger partial charge in [-0.15, -0.1) is 21.5 Å². The van der Waals surface area contributed by atoms with Gasteiger partial charge in [0.1, 0.15) is 5.00 Å². The van der Waals surface area contributed by atoms with Gasteiger partial charge in [0.15, 0.2) is 11.0 Å². The smallest absolute Gasteiger partial charge is 0.251 e. The zero-order valence-corrected chi connectivity index (χ0v) is 18.0. The lowest BCUT2D eigenvalue weighted by molar-refractivity contribution is -0.113. The molecule has 1 aliphatic carbocycles. The summed E-state index contributed by atoms with van der Waals surface area (Å²) in [5.41, 5.74) is 7.88. The van der Waals surface area contributed by atoms with Gasteiger partial charge in [-0.1, -0.05) is 23.4 Å². The van der Waals surface area contributed by atoms with E-state index in [1.807, 2.05) is 23.7 Å². The van der Waals surface area contributed by atoms with E-state index in [2.05, 4.69) is 15.5 Å². The van der Waals surface area contributed by atoms with Crippen molar-refractivity contribution in [2.45, 2.75) is 24.4 Å². The summed E-state index contributed by atoms with van der Waals surface area (Å²) in [6, 6.07) is 7.32. The van der Waals surface area contributed by atoms with Crippen LogP contribution in [0, 0.1) is 0 Å². The van der Waals surface area contributed by atoms with Crippen LogP contribution in [0.5, 0.6) is 0 Å². The van der Waals surface area contributed by atoms with E-state index in [1.54, 1.807) is 12.1 Å². The predicted molar refractivity (Wildman–Crippen MR) is 116 cm³/mol. The largest absolute Gasteiger partial charge is 0.365 e. The van der Waals surface area contributed by atoms with Crippen LogP contribution in [0.25, 0.3) is 11.4 Å². The molecule has 4 rings (SSSR count). The predicted octanol–water partition coefficient (Wildman–Crippen LogP) is 3.52. The van der Waals surface area contributed by atoms with Gasteiger partial charge in [0.25, 0.3) is 5.91 Å². The number of rotatable bonds is 6. The lowest BCUT2D eigenvalue weighted by Crippen LogP contribution is -2.19. The van der Waals surface area contributed by atoms with E-state index in [9.17, 15) is 9.59 Å². The van der Waals surface area contributed by atoms with Crippen molar-refractivity contribution in [3.63, 3.8) is 0 Å². The van der Waals surface area contributed by atoms with E-state index in [0.29, 0.717) is 26.6 Å². The molecule has 2 heterocycles. The number of carbonyl (C=O) groups excluding carboxylic acids is 2. The van der Waals surface area contributed by atoms with E-state index in [0.717, 1.165) is 35.3 Å². The molecule has 2 amide bonds. The van der Waals surface area contributed by atoms with Crippen molar-refractivity contribution < 1.29 is 9.59 Å². The molecule has 29 heavy (non-hydrogen) atoms. The number of hydrogen-bond acceptors (Lipinski definition) is 6. The van der Waals surface area contributed by atoms with Gasteiger partial charge >= 0.3 is 0 Å². The third-order valence-corrected chi connectivity index (χ3v) is 7.17. The second-order valence-corrected chi connectivity index (χ2v) is 9.12. The third kappa shape index (κ3) is 4.03. The molecule has 0 atom stereocenters. The van der Waals surface area contributed by atoms with Crippen LogP contribution < -0.4 is 11.1 Å². The van der Waals surface area contributed by atoms with Gasteiger partial charge in [-0.25, -0.2) is 0 Å². The molecule has 3 N–H and O–H groups in total. The van der Waals surface area contributed by atoms with Gasteiger partial charge in [0.2, 0.25) is 5.91 Å². The number of primary amides is 1. The van der Waals surface area contributed by atoms with E-state index in [1.165, 1.54) is 23.1 Å². The number of halogens is 1. The Bertz CT molecular complexity index is 1090. The Morgan fingerprint density at radius 1 is 1.28 bits per heavy atom. The highest BCUT2D eigenvalue weighted by molar-refractivity contribution is 7.99. The van der Waals surface area contributed by atoms with Crippen LogP contribution in [-0.2, 0) is 24.7 Å². The van der Waals surface area contributed by atoms with Crippen molar-refractivity contribution in [3.8, 4) is 11.4 Å². The highest BCUT2D eigenvalue weighted by atomic mass is 35.5. The Kier molecular flexibility index (Phi) is 5.62. The monoisotopic (exact) mass is 447 g/mol.